The summed E-state index contributed by atoms with van der Waals surface area (Å²) in [6.07, 6.45) is 1.88. The van der Waals surface area contributed by atoms with E-state index >= 15 is 0 Å². The van der Waals surface area contributed by atoms with E-state index in [-0.39, 0.29) is 11.8 Å². The number of carbonyl (C=O) groups is 2. The molecule has 4 nitrogen and oxygen atoms in total. The predicted molar refractivity (Wildman–Crippen MR) is 101 cm³/mol. The maximum atomic E-state index is 12.6. The van der Waals surface area contributed by atoms with Crippen molar-refractivity contribution in [1.82, 2.24) is 10.2 Å². The third kappa shape index (κ3) is 4.05. The molecule has 3 rings (SSSR count). The molecule has 1 aliphatic rings. The van der Waals surface area contributed by atoms with Crippen LogP contribution in [-0.2, 0) is 22.6 Å². The number of likely N-dealkylation sites (tertiary alicyclic amines) is 1. The van der Waals surface area contributed by atoms with Gasteiger partial charge in [0.2, 0.25) is 11.8 Å². The predicted octanol–water partition coefficient (Wildman–Crippen LogP) is 3.64. The zero-order chi connectivity index (χ0) is 17.9. The Hall–Kier alpha value is -1.85. The summed E-state index contributed by atoms with van der Waals surface area (Å²) in [6.45, 7) is 2.92. The van der Waals surface area contributed by atoms with E-state index in [0.717, 1.165) is 12.0 Å². The van der Waals surface area contributed by atoms with Gasteiger partial charge in [0.25, 0.3) is 0 Å². The molecule has 1 atom stereocenters. The Labute approximate surface area is 156 Å². The molecule has 1 aromatic heterocycles. The second kappa shape index (κ2) is 7.58. The van der Waals surface area contributed by atoms with Crippen LogP contribution < -0.4 is 5.32 Å². The van der Waals surface area contributed by atoms with Crippen molar-refractivity contribution in [3.8, 4) is 0 Å². The first-order valence-electron chi connectivity index (χ1n) is 8.34. The SMILES string of the molecule is CC1(C(=O)NCc2ccc(Cl)cc2)CCN1C(=O)CCc1cccs1. The number of hydrogen-bond donors (Lipinski definition) is 1. The number of nitrogens with zero attached hydrogens (tertiary/aromatic N) is 1. The van der Waals surface area contributed by atoms with Crippen LogP contribution in [0.2, 0.25) is 5.02 Å². The van der Waals surface area contributed by atoms with Crippen molar-refractivity contribution in [1.29, 1.82) is 0 Å². The van der Waals surface area contributed by atoms with Gasteiger partial charge in [-0.3, -0.25) is 9.59 Å². The number of rotatable bonds is 6. The minimum atomic E-state index is -0.737. The summed E-state index contributed by atoms with van der Waals surface area (Å²) in [7, 11) is 0. The minimum Gasteiger partial charge on any atom is -0.350 e. The van der Waals surface area contributed by atoms with Gasteiger partial charge >= 0.3 is 0 Å². The highest BCUT2D eigenvalue weighted by molar-refractivity contribution is 7.09. The molecule has 2 heterocycles. The van der Waals surface area contributed by atoms with Crippen LogP contribution in [0.4, 0.5) is 0 Å². The first-order valence-corrected chi connectivity index (χ1v) is 9.60. The fraction of sp³-hybridized carbons (Fsp3) is 0.368. The number of aryl methyl sites for hydroxylation is 1. The number of benzene rings is 1. The van der Waals surface area contributed by atoms with Crippen molar-refractivity contribution >= 4 is 34.8 Å². The summed E-state index contributed by atoms with van der Waals surface area (Å²) in [4.78, 5) is 28.0. The third-order valence-corrected chi connectivity index (χ3v) is 5.93. The summed E-state index contributed by atoms with van der Waals surface area (Å²) in [5, 5.41) is 5.62. The van der Waals surface area contributed by atoms with E-state index in [1.807, 2.05) is 36.6 Å². The van der Waals surface area contributed by atoms with Crippen molar-refractivity contribution in [2.45, 2.75) is 38.3 Å². The van der Waals surface area contributed by atoms with Crippen molar-refractivity contribution in [2.75, 3.05) is 6.54 Å². The molecule has 0 radical (unpaired) electrons. The van der Waals surface area contributed by atoms with Crippen molar-refractivity contribution in [3.05, 3.63) is 57.2 Å². The van der Waals surface area contributed by atoms with Crippen molar-refractivity contribution < 1.29 is 9.59 Å². The maximum absolute atomic E-state index is 12.6. The first-order chi connectivity index (χ1) is 12.0. The fourth-order valence-corrected chi connectivity index (χ4v) is 3.82. The van der Waals surface area contributed by atoms with Gasteiger partial charge in [0.05, 0.1) is 0 Å². The summed E-state index contributed by atoms with van der Waals surface area (Å²) in [5.41, 5.74) is 0.245. The number of halogens is 1. The van der Waals surface area contributed by atoms with Gasteiger partial charge in [0.15, 0.2) is 0 Å². The average molecular weight is 377 g/mol. The Morgan fingerprint density at radius 2 is 2.04 bits per heavy atom. The number of thiophene rings is 1. The van der Waals surface area contributed by atoms with E-state index in [2.05, 4.69) is 5.32 Å². The van der Waals surface area contributed by atoms with Gasteiger partial charge in [0.1, 0.15) is 5.54 Å². The van der Waals surface area contributed by atoms with Gasteiger partial charge in [0, 0.05) is 29.4 Å². The van der Waals surface area contributed by atoms with Gasteiger partial charge < -0.3 is 10.2 Å². The molecule has 2 aromatic rings. The lowest BCUT2D eigenvalue weighted by Crippen LogP contribution is -2.67. The lowest BCUT2D eigenvalue weighted by molar-refractivity contribution is -0.157. The summed E-state index contributed by atoms with van der Waals surface area (Å²) >= 11 is 7.52. The maximum Gasteiger partial charge on any atom is 0.246 e. The van der Waals surface area contributed by atoms with E-state index in [1.165, 1.54) is 4.88 Å². The highest BCUT2D eigenvalue weighted by Crippen LogP contribution is 2.31. The average Bonchev–Trinajstić information content (AvgIpc) is 3.11. The summed E-state index contributed by atoms with van der Waals surface area (Å²) in [6, 6.07) is 11.4. The van der Waals surface area contributed by atoms with Gasteiger partial charge in [-0.15, -0.1) is 11.3 Å². The van der Waals surface area contributed by atoms with Crippen LogP contribution in [0.3, 0.4) is 0 Å². The number of carbonyl (C=O) groups excluding carboxylic acids is 2. The van der Waals surface area contributed by atoms with E-state index in [0.29, 0.717) is 31.0 Å². The standard InChI is InChI=1S/C19H21ClN2O2S/c1-19(18(24)21-13-14-4-6-15(20)7-5-14)10-11-22(19)17(23)9-8-16-3-2-12-25-16/h2-7,12H,8-11,13H2,1H3,(H,21,24). The molecular weight excluding hydrogens is 356 g/mol. The molecule has 1 N–H and O–H groups in total. The lowest BCUT2D eigenvalue weighted by atomic mass is 9.85. The molecular formula is C19H21ClN2O2S. The van der Waals surface area contributed by atoms with Crippen LogP contribution in [0.1, 0.15) is 30.2 Å². The Bertz CT molecular complexity index is 745. The van der Waals surface area contributed by atoms with Gasteiger partial charge in [-0.25, -0.2) is 0 Å². The Morgan fingerprint density at radius 1 is 1.28 bits per heavy atom. The van der Waals surface area contributed by atoms with Gasteiger partial charge in [-0.2, -0.15) is 0 Å². The quantitative estimate of drug-likeness (QED) is 0.836. The van der Waals surface area contributed by atoms with E-state index in [1.54, 1.807) is 28.4 Å². The largest absolute Gasteiger partial charge is 0.350 e. The van der Waals surface area contributed by atoms with Crippen molar-refractivity contribution in [3.63, 3.8) is 0 Å². The molecule has 0 spiro atoms. The Balaban J connectivity index is 1.53. The van der Waals surface area contributed by atoms with E-state index in [4.69, 9.17) is 11.6 Å². The van der Waals surface area contributed by atoms with E-state index in [9.17, 15) is 9.59 Å². The minimum absolute atomic E-state index is 0.0452. The van der Waals surface area contributed by atoms with Gasteiger partial charge in [-0.05, 0) is 48.9 Å². The van der Waals surface area contributed by atoms with Crippen LogP contribution in [-0.4, -0.2) is 28.8 Å². The molecule has 1 aromatic carbocycles. The fourth-order valence-electron chi connectivity index (χ4n) is 2.99. The number of amides is 2. The molecule has 0 aliphatic carbocycles. The molecule has 132 valence electrons. The number of hydrogen-bond acceptors (Lipinski definition) is 3. The molecule has 1 aliphatic heterocycles. The topological polar surface area (TPSA) is 49.4 Å². The second-order valence-corrected chi connectivity index (χ2v) is 7.93. The molecule has 1 unspecified atom stereocenters. The zero-order valence-corrected chi connectivity index (χ0v) is 15.7. The first kappa shape index (κ1) is 18.0. The van der Waals surface area contributed by atoms with E-state index < -0.39 is 5.54 Å². The smallest absolute Gasteiger partial charge is 0.246 e. The second-order valence-electron chi connectivity index (χ2n) is 6.46. The lowest BCUT2D eigenvalue weighted by Gasteiger charge is -2.49. The monoisotopic (exact) mass is 376 g/mol. The summed E-state index contributed by atoms with van der Waals surface area (Å²) < 4.78 is 0. The molecule has 0 saturated carbocycles. The van der Waals surface area contributed by atoms with Crippen LogP contribution in [0, 0.1) is 0 Å². The highest BCUT2D eigenvalue weighted by Gasteiger charge is 2.48. The zero-order valence-electron chi connectivity index (χ0n) is 14.1. The third-order valence-electron chi connectivity index (χ3n) is 4.74. The molecule has 0 bridgehead atoms. The molecule has 1 saturated heterocycles. The molecule has 6 heteroatoms. The van der Waals surface area contributed by atoms with Crippen LogP contribution in [0.5, 0.6) is 0 Å². The Morgan fingerprint density at radius 3 is 2.64 bits per heavy atom. The molecule has 1 fully saturated rings. The normalized spacial score (nSPS) is 19.4. The van der Waals surface area contributed by atoms with Crippen molar-refractivity contribution in [2.24, 2.45) is 0 Å². The summed E-state index contributed by atoms with van der Waals surface area (Å²) in [5.74, 6) is -0.0537. The van der Waals surface area contributed by atoms with Crippen LogP contribution in [0.25, 0.3) is 0 Å². The molecule has 2 amide bonds. The van der Waals surface area contributed by atoms with Crippen LogP contribution >= 0.6 is 22.9 Å². The Kier molecular flexibility index (Phi) is 5.45. The number of nitrogens with one attached hydrogen (secondary N) is 1. The van der Waals surface area contributed by atoms with Gasteiger partial charge in [-0.1, -0.05) is 29.8 Å². The molecule has 25 heavy (non-hydrogen) atoms. The highest BCUT2D eigenvalue weighted by atomic mass is 35.5. The van der Waals surface area contributed by atoms with Crippen LogP contribution in [0.15, 0.2) is 41.8 Å².